The van der Waals surface area contributed by atoms with Gasteiger partial charge in [-0.25, -0.2) is 0 Å². The quantitative estimate of drug-likeness (QED) is 0.107. The van der Waals surface area contributed by atoms with E-state index in [0.29, 0.717) is 38.5 Å². The van der Waals surface area contributed by atoms with E-state index in [-0.39, 0.29) is 57.5 Å². The fourth-order valence-corrected chi connectivity index (χ4v) is 6.48. The lowest BCUT2D eigenvalue weighted by molar-refractivity contribution is -0.276. The zero-order valence-electron chi connectivity index (χ0n) is 37.6. The minimum atomic E-state index is -2.22. The topological polar surface area (TPSA) is 290 Å². The second kappa shape index (κ2) is 35.9. The number of hydrogen-bond acceptors (Lipinski definition) is 15. The van der Waals surface area contributed by atoms with Crippen molar-refractivity contribution < 1.29 is 74.9 Å². The molecule has 2 heterocycles. The van der Waals surface area contributed by atoms with Gasteiger partial charge in [-0.2, -0.15) is 0 Å². The zero-order valence-corrected chi connectivity index (χ0v) is 37.6. The third kappa shape index (κ3) is 29.7. The van der Waals surface area contributed by atoms with Crippen molar-refractivity contribution in [2.75, 3.05) is 6.61 Å². The van der Waals surface area contributed by atoms with E-state index in [1.807, 2.05) is 106 Å². The van der Waals surface area contributed by atoms with Crippen molar-refractivity contribution in [2.45, 2.75) is 184 Å². The Morgan fingerprint density at radius 3 is 1.87 bits per heavy atom. The Hall–Kier alpha value is -3.36. The van der Waals surface area contributed by atoms with Gasteiger partial charge in [-0.05, 0) is 51.4 Å². The fourth-order valence-electron chi connectivity index (χ4n) is 6.48. The van der Waals surface area contributed by atoms with E-state index in [9.17, 15) is 50.8 Å². The first-order chi connectivity index (χ1) is 30.0. The van der Waals surface area contributed by atoms with Crippen LogP contribution in [0.3, 0.4) is 0 Å². The Kier molecular flexibility index (Phi) is 34.0. The van der Waals surface area contributed by atoms with Crippen LogP contribution in [0.25, 0.3) is 0 Å². The molecule has 5 unspecified atom stereocenters. The van der Waals surface area contributed by atoms with Gasteiger partial charge in [0, 0.05) is 25.7 Å². The van der Waals surface area contributed by atoms with Crippen molar-refractivity contribution in [3.8, 4) is 0 Å². The summed E-state index contributed by atoms with van der Waals surface area (Å²) in [6.45, 7) is 7.37. The summed E-state index contributed by atoms with van der Waals surface area (Å²) in [6.07, 6.45) is 18.4. The fraction of sp³-hybridized carbons (Fsp3) is 0.660. The van der Waals surface area contributed by atoms with E-state index in [1.54, 1.807) is 6.92 Å². The lowest BCUT2D eigenvalue weighted by Crippen LogP contribution is -2.61. The summed E-state index contributed by atoms with van der Waals surface area (Å²) in [4.78, 5) is 20.5. The molecule has 1 fully saturated rings. The van der Waals surface area contributed by atoms with Crippen molar-refractivity contribution in [3.05, 3.63) is 85.1 Å². The first-order valence-corrected chi connectivity index (χ1v) is 22.2. The highest BCUT2D eigenvalue weighted by Gasteiger charge is 2.42. The van der Waals surface area contributed by atoms with Crippen LogP contribution in [-0.4, -0.2) is 143 Å². The molecular weight excluding hydrogens is 819 g/mol. The lowest BCUT2D eigenvalue weighted by atomic mass is 9.91. The Balaban J connectivity index is 0.00000735. The van der Waals surface area contributed by atoms with Crippen LogP contribution in [0.1, 0.15) is 111 Å². The molecule has 0 spiro atoms. The van der Waals surface area contributed by atoms with Crippen LogP contribution < -0.4 is 5.73 Å². The Bertz CT molecular complexity index is 1400. The Morgan fingerprint density at radius 2 is 1.27 bits per heavy atom. The monoisotopic (exact) mass is 898 g/mol. The summed E-state index contributed by atoms with van der Waals surface area (Å²) in [7, 11) is 0. The first kappa shape index (κ1) is 59.6. The third-order valence-corrected chi connectivity index (χ3v) is 10.2. The van der Waals surface area contributed by atoms with Gasteiger partial charge in [0.05, 0.1) is 67.9 Å². The Labute approximate surface area is 374 Å². The molecule has 0 aromatic carbocycles. The van der Waals surface area contributed by atoms with E-state index in [4.69, 9.17) is 29.8 Å². The molecule has 12 atom stereocenters. The second-order valence-corrected chi connectivity index (χ2v) is 15.8. The van der Waals surface area contributed by atoms with E-state index >= 15 is 0 Å². The molecule has 0 radical (unpaired) electrons. The maximum Gasteiger partial charge on any atom is 0.308 e. The number of aliphatic hydroxyl groups is 9. The van der Waals surface area contributed by atoms with Crippen LogP contribution in [0.2, 0.25) is 0 Å². The molecule has 362 valence electrons. The molecule has 0 saturated carbocycles. The molecule has 0 bridgehead atoms. The van der Waals surface area contributed by atoms with Crippen molar-refractivity contribution >= 4 is 12.4 Å². The van der Waals surface area contributed by atoms with Crippen LogP contribution in [0.15, 0.2) is 85.1 Å². The number of carbonyl (C=O) groups is 2. The minimum absolute atomic E-state index is 0.00165. The van der Waals surface area contributed by atoms with Gasteiger partial charge in [-0.3, -0.25) is 9.59 Å². The number of nitrogens with two attached hydrogens (primary N) is 1. The predicted molar refractivity (Wildman–Crippen MR) is 241 cm³/mol. The molecular formula is C47H79NO15. The molecule has 2 rings (SSSR count). The SMILES string of the molecule is CC.CC1OC(O[C@H]2/C=C/C=C/C=C/C=C/C=C/C=C/C=C/C[C@@H](O)CCOC(=O)C[C@H](O)CCCC[C@@H](O)[C@H](O)C[C@H](O)CC(O)(O)CC[C@@H](C)CC2)C(O)C(N)C1O.O=CO. The van der Waals surface area contributed by atoms with Gasteiger partial charge in [0.1, 0.15) is 6.10 Å². The molecule has 0 amide bonds. The number of aliphatic hydroxyl groups excluding tert-OH is 7. The summed E-state index contributed by atoms with van der Waals surface area (Å²) >= 11 is 0. The van der Waals surface area contributed by atoms with Gasteiger partial charge in [-0.1, -0.05) is 119 Å². The van der Waals surface area contributed by atoms with Crippen molar-refractivity contribution in [2.24, 2.45) is 11.7 Å². The molecule has 12 N–H and O–H groups in total. The van der Waals surface area contributed by atoms with E-state index in [2.05, 4.69) is 0 Å². The maximum atomic E-state index is 12.1. The number of hydrogen-bond donors (Lipinski definition) is 11. The second-order valence-electron chi connectivity index (χ2n) is 15.8. The standard InChI is InChI=1S/C44H71NO13.C2H6.CH2O2/c1-31-22-23-36(58-43-42(53)40(45)41(52)32(2)57-43)20-15-13-11-9-7-5-3-4-6-8-10-12-14-18-33(46)25-27-56-39(51)29-34(47)19-16-17-21-37(49)38(50)28-35(48)30-44(54,55)26-24-31;1-2;2-1-3/h3-15,20,31-38,40-43,46-50,52-55H,16-19,21-30,45H2,1-2H3;1-2H3;1H,(H,2,3)/b5-3+,6-4+,9-7+,10-8+,13-11+,14-12+,20-15+;;/t31-,32?,33+,34+,35-,36-,37+,38+,40?,41?,42?,43?;;/m0../s1. The third-order valence-electron chi connectivity index (χ3n) is 10.2. The molecule has 1 saturated heterocycles. The van der Waals surface area contributed by atoms with Crippen molar-refractivity contribution in [3.63, 3.8) is 0 Å². The molecule has 16 heteroatoms. The molecule has 0 aromatic heterocycles. The number of esters is 1. The highest BCUT2D eigenvalue weighted by atomic mass is 16.7. The van der Waals surface area contributed by atoms with Crippen molar-refractivity contribution in [1.82, 2.24) is 0 Å². The molecule has 16 nitrogen and oxygen atoms in total. The normalized spacial score (nSPS) is 36.8. The van der Waals surface area contributed by atoms with Gasteiger partial charge in [0.15, 0.2) is 12.1 Å². The highest BCUT2D eigenvalue weighted by molar-refractivity contribution is 5.69. The van der Waals surface area contributed by atoms with Crippen LogP contribution in [0, 0.1) is 5.92 Å². The summed E-state index contributed by atoms with van der Waals surface area (Å²) in [5.74, 6) is -2.79. The largest absolute Gasteiger partial charge is 0.483 e. The number of carbonyl (C=O) groups excluding carboxylic acids is 1. The van der Waals surface area contributed by atoms with Gasteiger partial charge < -0.3 is 71.0 Å². The van der Waals surface area contributed by atoms with E-state index in [0.717, 1.165) is 0 Å². The molecule has 2 aliphatic heterocycles. The van der Waals surface area contributed by atoms with E-state index in [1.165, 1.54) is 0 Å². The lowest BCUT2D eigenvalue weighted by Gasteiger charge is -2.40. The molecule has 2 aliphatic rings. The molecule has 0 aromatic rings. The van der Waals surface area contributed by atoms with Crippen molar-refractivity contribution in [1.29, 1.82) is 0 Å². The number of carboxylic acid groups (broad SMARTS) is 1. The predicted octanol–water partition coefficient (Wildman–Crippen LogP) is 3.54. The zero-order chi connectivity index (χ0) is 47.6. The van der Waals surface area contributed by atoms with Crippen LogP contribution in [0.4, 0.5) is 0 Å². The first-order valence-electron chi connectivity index (χ1n) is 22.2. The van der Waals surface area contributed by atoms with Crippen LogP contribution >= 0.6 is 0 Å². The average Bonchev–Trinajstić information content (AvgIpc) is 3.23. The van der Waals surface area contributed by atoms with Crippen LogP contribution in [-0.2, 0) is 23.8 Å². The van der Waals surface area contributed by atoms with Gasteiger partial charge in [0.2, 0.25) is 0 Å². The van der Waals surface area contributed by atoms with Gasteiger partial charge in [-0.15, -0.1) is 0 Å². The van der Waals surface area contributed by atoms with E-state index < -0.39 is 85.4 Å². The number of allylic oxidation sites excluding steroid dienone is 12. The molecule has 0 aliphatic carbocycles. The number of cyclic esters (lactones) is 1. The van der Waals surface area contributed by atoms with Crippen LogP contribution in [0.5, 0.6) is 0 Å². The summed E-state index contributed by atoms with van der Waals surface area (Å²) < 4.78 is 17.0. The number of rotatable bonds is 2. The summed E-state index contributed by atoms with van der Waals surface area (Å²) in [5, 5.41) is 101. The average molecular weight is 898 g/mol. The smallest absolute Gasteiger partial charge is 0.308 e. The maximum absolute atomic E-state index is 12.1. The van der Waals surface area contributed by atoms with Gasteiger partial charge >= 0.3 is 5.97 Å². The summed E-state index contributed by atoms with van der Waals surface area (Å²) in [5.41, 5.74) is 6.02. The summed E-state index contributed by atoms with van der Waals surface area (Å²) in [6, 6.07) is -0.951. The number of ether oxygens (including phenoxy) is 3. The van der Waals surface area contributed by atoms with Gasteiger partial charge in [0.25, 0.3) is 6.47 Å². The Morgan fingerprint density at radius 1 is 0.714 bits per heavy atom. The highest BCUT2D eigenvalue weighted by Crippen LogP contribution is 2.27. The minimum Gasteiger partial charge on any atom is -0.483 e. The molecule has 63 heavy (non-hydrogen) atoms.